The van der Waals surface area contributed by atoms with Crippen LogP contribution in [0, 0.1) is 5.41 Å². The van der Waals surface area contributed by atoms with Crippen LogP contribution >= 0.6 is 27.3 Å². The molecule has 0 aromatic carbocycles. The van der Waals surface area contributed by atoms with Gasteiger partial charge in [-0.15, -0.1) is 11.3 Å². The normalized spacial score (nSPS) is 22.6. The van der Waals surface area contributed by atoms with Gasteiger partial charge < -0.3 is 5.73 Å². The van der Waals surface area contributed by atoms with Gasteiger partial charge in [0.2, 0.25) is 0 Å². The second kappa shape index (κ2) is 6.25. The molecule has 1 saturated heterocycles. The SMILES string of the molecule is CCC1(CC)CCN(C(c2ccc(Br)s2)C(C)N)C1. The number of hydrogen-bond acceptors (Lipinski definition) is 3. The fraction of sp³-hybridized carbons (Fsp3) is 0.733. The van der Waals surface area contributed by atoms with Gasteiger partial charge in [-0.2, -0.15) is 0 Å². The van der Waals surface area contributed by atoms with Gasteiger partial charge >= 0.3 is 0 Å². The standard InChI is InChI=1S/C15H25BrN2S/c1-4-15(5-2)8-9-18(10-15)14(11(3)17)12-6-7-13(16)19-12/h6-7,11,14H,4-5,8-10,17H2,1-3H3. The quantitative estimate of drug-likeness (QED) is 0.856. The van der Waals surface area contributed by atoms with Crippen molar-refractivity contribution in [3.8, 4) is 0 Å². The summed E-state index contributed by atoms with van der Waals surface area (Å²) in [4.78, 5) is 4.00. The summed E-state index contributed by atoms with van der Waals surface area (Å²) in [7, 11) is 0. The molecule has 1 fully saturated rings. The lowest BCUT2D eigenvalue weighted by Crippen LogP contribution is -2.39. The second-order valence-corrected chi connectivity index (χ2v) is 8.37. The maximum atomic E-state index is 6.28. The van der Waals surface area contributed by atoms with Crippen molar-refractivity contribution in [2.75, 3.05) is 13.1 Å². The van der Waals surface area contributed by atoms with E-state index in [1.165, 1.54) is 41.0 Å². The summed E-state index contributed by atoms with van der Waals surface area (Å²) in [6.45, 7) is 9.17. The highest BCUT2D eigenvalue weighted by Crippen LogP contribution is 2.42. The average molecular weight is 345 g/mol. The van der Waals surface area contributed by atoms with Crippen LogP contribution < -0.4 is 5.73 Å². The topological polar surface area (TPSA) is 29.3 Å². The van der Waals surface area contributed by atoms with Crippen LogP contribution in [-0.4, -0.2) is 24.0 Å². The van der Waals surface area contributed by atoms with E-state index < -0.39 is 0 Å². The van der Waals surface area contributed by atoms with Gasteiger partial charge in [-0.05, 0) is 66.2 Å². The third-order valence-corrected chi connectivity index (χ3v) is 6.44. The molecule has 0 amide bonds. The molecule has 2 nitrogen and oxygen atoms in total. The van der Waals surface area contributed by atoms with Gasteiger partial charge in [0.1, 0.15) is 0 Å². The molecule has 1 aliphatic heterocycles. The minimum absolute atomic E-state index is 0.176. The van der Waals surface area contributed by atoms with E-state index in [-0.39, 0.29) is 6.04 Å². The van der Waals surface area contributed by atoms with Crippen LogP contribution in [0.3, 0.4) is 0 Å². The molecule has 2 heterocycles. The molecule has 2 N–H and O–H groups in total. The van der Waals surface area contributed by atoms with Crippen molar-refractivity contribution < 1.29 is 0 Å². The Morgan fingerprint density at radius 2 is 2.11 bits per heavy atom. The van der Waals surface area contributed by atoms with Crippen molar-refractivity contribution in [2.45, 2.75) is 52.1 Å². The first-order valence-corrected chi connectivity index (χ1v) is 8.87. The Bertz CT molecular complexity index is 412. The summed E-state index contributed by atoms with van der Waals surface area (Å²) in [5.41, 5.74) is 6.79. The first-order valence-electron chi connectivity index (χ1n) is 7.26. The van der Waals surface area contributed by atoms with Gasteiger partial charge in [-0.25, -0.2) is 0 Å². The van der Waals surface area contributed by atoms with E-state index >= 15 is 0 Å². The summed E-state index contributed by atoms with van der Waals surface area (Å²) in [5, 5.41) is 0. The number of nitrogens with zero attached hydrogens (tertiary/aromatic N) is 1. The van der Waals surface area contributed by atoms with Crippen molar-refractivity contribution in [1.29, 1.82) is 0 Å². The minimum atomic E-state index is 0.176. The number of likely N-dealkylation sites (tertiary alicyclic amines) is 1. The zero-order valence-corrected chi connectivity index (χ0v) is 14.6. The fourth-order valence-electron chi connectivity index (χ4n) is 3.29. The molecule has 19 heavy (non-hydrogen) atoms. The average Bonchev–Trinajstić information content (AvgIpc) is 2.97. The van der Waals surface area contributed by atoms with E-state index in [0.717, 1.165) is 0 Å². The Labute approximate surface area is 129 Å². The molecule has 0 saturated carbocycles. The molecule has 0 radical (unpaired) electrons. The number of rotatable bonds is 5. The first-order chi connectivity index (χ1) is 9.01. The van der Waals surface area contributed by atoms with Crippen molar-refractivity contribution in [2.24, 2.45) is 11.1 Å². The van der Waals surface area contributed by atoms with Crippen LogP contribution in [0.25, 0.3) is 0 Å². The molecule has 2 rings (SSSR count). The Hall–Kier alpha value is 0.1000. The lowest BCUT2D eigenvalue weighted by Gasteiger charge is -2.33. The van der Waals surface area contributed by atoms with Crippen LogP contribution in [0.2, 0.25) is 0 Å². The monoisotopic (exact) mass is 344 g/mol. The molecular weight excluding hydrogens is 320 g/mol. The van der Waals surface area contributed by atoms with Gasteiger partial charge in [0, 0.05) is 17.5 Å². The van der Waals surface area contributed by atoms with Gasteiger partial charge in [0.25, 0.3) is 0 Å². The molecular formula is C15H25BrN2S. The van der Waals surface area contributed by atoms with Crippen LogP contribution in [0.4, 0.5) is 0 Å². The Morgan fingerprint density at radius 3 is 2.53 bits per heavy atom. The number of halogens is 1. The predicted molar refractivity (Wildman–Crippen MR) is 87.6 cm³/mol. The van der Waals surface area contributed by atoms with Crippen molar-refractivity contribution in [1.82, 2.24) is 4.90 Å². The molecule has 0 aliphatic carbocycles. The molecule has 0 spiro atoms. The van der Waals surface area contributed by atoms with E-state index in [1.807, 2.05) is 11.3 Å². The van der Waals surface area contributed by atoms with E-state index in [2.05, 4.69) is 53.7 Å². The molecule has 2 unspecified atom stereocenters. The van der Waals surface area contributed by atoms with Crippen LogP contribution in [0.5, 0.6) is 0 Å². The van der Waals surface area contributed by atoms with Crippen LogP contribution in [0.1, 0.15) is 51.0 Å². The van der Waals surface area contributed by atoms with E-state index in [1.54, 1.807) is 0 Å². The van der Waals surface area contributed by atoms with Crippen LogP contribution in [-0.2, 0) is 0 Å². The van der Waals surface area contributed by atoms with Gasteiger partial charge in [-0.1, -0.05) is 13.8 Å². The molecule has 1 aromatic heterocycles. The first kappa shape index (κ1) is 15.5. The molecule has 108 valence electrons. The molecule has 1 aromatic rings. The zero-order chi connectivity index (χ0) is 14.0. The lowest BCUT2D eigenvalue weighted by molar-refractivity contribution is 0.180. The minimum Gasteiger partial charge on any atom is -0.326 e. The summed E-state index contributed by atoms with van der Waals surface area (Å²) < 4.78 is 1.20. The Kier molecular flexibility index (Phi) is 5.09. The highest BCUT2D eigenvalue weighted by molar-refractivity contribution is 9.11. The highest BCUT2D eigenvalue weighted by Gasteiger charge is 2.39. The third-order valence-electron chi connectivity index (χ3n) is 4.74. The molecule has 2 atom stereocenters. The van der Waals surface area contributed by atoms with E-state index in [9.17, 15) is 0 Å². The smallest absolute Gasteiger partial charge is 0.0702 e. The fourth-order valence-corrected chi connectivity index (χ4v) is 4.97. The maximum absolute atomic E-state index is 6.28. The summed E-state index contributed by atoms with van der Waals surface area (Å²) in [6, 6.07) is 4.91. The third kappa shape index (κ3) is 3.23. The number of nitrogens with two attached hydrogens (primary N) is 1. The number of thiophene rings is 1. The summed E-state index contributed by atoms with van der Waals surface area (Å²) in [5.74, 6) is 0. The molecule has 1 aliphatic rings. The van der Waals surface area contributed by atoms with Crippen molar-refractivity contribution in [3.05, 3.63) is 20.8 Å². The zero-order valence-electron chi connectivity index (χ0n) is 12.2. The van der Waals surface area contributed by atoms with Gasteiger partial charge in [-0.3, -0.25) is 4.90 Å². The Morgan fingerprint density at radius 1 is 1.42 bits per heavy atom. The summed E-state index contributed by atoms with van der Waals surface area (Å²) >= 11 is 5.39. The van der Waals surface area contributed by atoms with E-state index in [4.69, 9.17) is 5.73 Å². The molecule has 4 heteroatoms. The van der Waals surface area contributed by atoms with Gasteiger partial charge in [0.05, 0.1) is 9.83 Å². The molecule has 0 bridgehead atoms. The van der Waals surface area contributed by atoms with Crippen molar-refractivity contribution >= 4 is 27.3 Å². The van der Waals surface area contributed by atoms with Crippen molar-refractivity contribution in [3.63, 3.8) is 0 Å². The number of hydrogen-bond donors (Lipinski definition) is 1. The second-order valence-electron chi connectivity index (χ2n) is 5.87. The van der Waals surface area contributed by atoms with Crippen LogP contribution in [0.15, 0.2) is 15.9 Å². The summed E-state index contributed by atoms with van der Waals surface area (Å²) in [6.07, 6.45) is 3.87. The lowest BCUT2D eigenvalue weighted by atomic mass is 9.82. The largest absolute Gasteiger partial charge is 0.326 e. The maximum Gasteiger partial charge on any atom is 0.0702 e. The highest BCUT2D eigenvalue weighted by atomic mass is 79.9. The predicted octanol–water partition coefficient (Wildman–Crippen LogP) is 4.41. The Balaban J connectivity index is 2.18. The van der Waals surface area contributed by atoms with E-state index in [0.29, 0.717) is 11.5 Å². The van der Waals surface area contributed by atoms with Gasteiger partial charge in [0.15, 0.2) is 0 Å².